The van der Waals surface area contributed by atoms with E-state index in [0.717, 1.165) is 24.1 Å². The number of nitrogens with one attached hydrogen (secondary N) is 2. The minimum atomic E-state index is -0.122. The first-order chi connectivity index (χ1) is 8.08. The Morgan fingerprint density at radius 2 is 2.06 bits per heavy atom. The number of benzene rings is 1. The first kappa shape index (κ1) is 13.6. The summed E-state index contributed by atoms with van der Waals surface area (Å²) in [6.45, 7) is 8.15. The van der Waals surface area contributed by atoms with Gasteiger partial charge in [0.25, 0.3) is 0 Å². The van der Waals surface area contributed by atoms with E-state index in [9.17, 15) is 4.79 Å². The van der Waals surface area contributed by atoms with Gasteiger partial charge in [-0.25, -0.2) is 4.79 Å². The van der Waals surface area contributed by atoms with Crippen molar-refractivity contribution in [1.82, 2.24) is 5.32 Å². The number of rotatable bonds is 4. The van der Waals surface area contributed by atoms with Gasteiger partial charge in [-0.05, 0) is 37.8 Å². The van der Waals surface area contributed by atoms with Gasteiger partial charge >= 0.3 is 6.03 Å². The van der Waals surface area contributed by atoms with Crippen LogP contribution in [-0.2, 0) is 6.42 Å². The maximum atomic E-state index is 11.8. The molecule has 17 heavy (non-hydrogen) atoms. The molecule has 0 fully saturated rings. The molecule has 3 nitrogen and oxygen atoms in total. The average Bonchev–Trinajstić information content (AvgIpc) is 2.31. The fourth-order valence-corrected chi connectivity index (χ4v) is 1.68. The number of anilines is 1. The van der Waals surface area contributed by atoms with Gasteiger partial charge in [0.15, 0.2) is 0 Å². The van der Waals surface area contributed by atoms with Gasteiger partial charge in [0.05, 0.1) is 0 Å². The summed E-state index contributed by atoms with van der Waals surface area (Å²) in [5.74, 6) is 0. The Kier molecular flexibility index (Phi) is 5.01. The van der Waals surface area contributed by atoms with Crippen LogP contribution in [0.15, 0.2) is 18.2 Å². The van der Waals surface area contributed by atoms with Crippen molar-refractivity contribution in [2.24, 2.45) is 0 Å². The van der Waals surface area contributed by atoms with Gasteiger partial charge in [0.1, 0.15) is 0 Å². The summed E-state index contributed by atoms with van der Waals surface area (Å²) in [6, 6.07) is 6.16. The quantitative estimate of drug-likeness (QED) is 0.822. The molecule has 2 N–H and O–H groups in total. The Labute approximate surface area is 104 Å². The molecule has 0 radical (unpaired) electrons. The van der Waals surface area contributed by atoms with Crippen LogP contribution in [0, 0.1) is 6.92 Å². The fraction of sp³-hybridized carbons (Fsp3) is 0.500. The number of para-hydroxylation sites is 1. The zero-order valence-corrected chi connectivity index (χ0v) is 11.1. The Hall–Kier alpha value is -1.51. The average molecular weight is 234 g/mol. The van der Waals surface area contributed by atoms with Crippen molar-refractivity contribution < 1.29 is 4.79 Å². The second kappa shape index (κ2) is 6.28. The molecule has 0 aliphatic carbocycles. The van der Waals surface area contributed by atoms with E-state index in [1.54, 1.807) is 0 Å². The summed E-state index contributed by atoms with van der Waals surface area (Å²) in [7, 11) is 0. The Morgan fingerprint density at radius 3 is 2.65 bits per heavy atom. The summed E-state index contributed by atoms with van der Waals surface area (Å²) < 4.78 is 0. The second-order valence-electron chi connectivity index (χ2n) is 4.37. The van der Waals surface area contributed by atoms with Crippen LogP contribution in [0.25, 0.3) is 0 Å². The molecule has 0 spiro atoms. The largest absolute Gasteiger partial charge is 0.335 e. The minimum absolute atomic E-state index is 0.122. The van der Waals surface area contributed by atoms with Gasteiger partial charge in [-0.2, -0.15) is 0 Å². The summed E-state index contributed by atoms with van der Waals surface area (Å²) in [5.41, 5.74) is 3.21. The van der Waals surface area contributed by atoms with Gasteiger partial charge in [-0.1, -0.05) is 32.0 Å². The van der Waals surface area contributed by atoms with Crippen molar-refractivity contribution in [2.75, 3.05) is 5.32 Å². The van der Waals surface area contributed by atoms with E-state index in [1.165, 1.54) is 5.56 Å². The van der Waals surface area contributed by atoms with E-state index in [2.05, 4.69) is 24.5 Å². The van der Waals surface area contributed by atoms with Crippen molar-refractivity contribution in [2.45, 2.75) is 46.6 Å². The molecule has 1 atom stereocenters. The highest BCUT2D eigenvalue weighted by Crippen LogP contribution is 2.20. The number of aryl methyl sites for hydroxylation is 2. The van der Waals surface area contributed by atoms with Gasteiger partial charge in [-0.15, -0.1) is 0 Å². The second-order valence-corrected chi connectivity index (χ2v) is 4.37. The molecule has 94 valence electrons. The van der Waals surface area contributed by atoms with E-state index >= 15 is 0 Å². The minimum Gasteiger partial charge on any atom is -0.335 e. The molecule has 2 amide bonds. The lowest BCUT2D eigenvalue weighted by Gasteiger charge is -2.16. The van der Waals surface area contributed by atoms with E-state index in [4.69, 9.17) is 0 Å². The molecule has 0 aliphatic rings. The lowest BCUT2D eigenvalue weighted by atomic mass is 10.1. The fourth-order valence-electron chi connectivity index (χ4n) is 1.68. The SMILES string of the molecule is CCc1cccc(C)c1NC(=O)NC(C)CC. The van der Waals surface area contributed by atoms with Gasteiger partial charge in [0, 0.05) is 11.7 Å². The summed E-state index contributed by atoms with van der Waals surface area (Å²) in [5, 5.41) is 5.85. The number of urea groups is 1. The molecule has 1 rings (SSSR count). The van der Waals surface area contributed by atoms with E-state index in [-0.39, 0.29) is 12.1 Å². The Bertz CT molecular complexity index is 388. The third kappa shape index (κ3) is 3.77. The summed E-state index contributed by atoms with van der Waals surface area (Å²) >= 11 is 0. The van der Waals surface area contributed by atoms with Gasteiger partial charge < -0.3 is 10.6 Å². The molecule has 0 heterocycles. The Morgan fingerprint density at radius 1 is 1.35 bits per heavy atom. The first-order valence-electron chi connectivity index (χ1n) is 6.24. The smallest absolute Gasteiger partial charge is 0.319 e. The zero-order valence-electron chi connectivity index (χ0n) is 11.1. The number of amides is 2. The number of carbonyl (C=O) groups excluding carboxylic acids is 1. The van der Waals surface area contributed by atoms with E-state index < -0.39 is 0 Å². The molecule has 0 aromatic heterocycles. The molecular weight excluding hydrogens is 212 g/mol. The highest BCUT2D eigenvalue weighted by molar-refractivity contribution is 5.91. The summed E-state index contributed by atoms with van der Waals surface area (Å²) in [4.78, 5) is 11.8. The van der Waals surface area contributed by atoms with E-state index in [0.29, 0.717) is 0 Å². The van der Waals surface area contributed by atoms with Gasteiger partial charge in [-0.3, -0.25) is 0 Å². The van der Waals surface area contributed by atoms with Gasteiger partial charge in [0.2, 0.25) is 0 Å². The molecule has 1 aromatic rings. The van der Waals surface area contributed by atoms with Crippen molar-refractivity contribution in [3.63, 3.8) is 0 Å². The normalized spacial score (nSPS) is 12.0. The summed E-state index contributed by atoms with van der Waals surface area (Å²) in [6.07, 6.45) is 1.85. The molecular formula is C14H22N2O. The number of hydrogen-bond donors (Lipinski definition) is 2. The molecule has 0 saturated carbocycles. The molecule has 0 aliphatic heterocycles. The van der Waals surface area contributed by atoms with Crippen LogP contribution in [0.1, 0.15) is 38.3 Å². The van der Waals surface area contributed by atoms with Crippen LogP contribution in [0.5, 0.6) is 0 Å². The number of carbonyl (C=O) groups is 1. The third-order valence-corrected chi connectivity index (χ3v) is 2.97. The molecule has 3 heteroatoms. The molecule has 0 bridgehead atoms. The lowest BCUT2D eigenvalue weighted by Crippen LogP contribution is -2.36. The predicted molar refractivity (Wildman–Crippen MR) is 72.5 cm³/mol. The highest BCUT2D eigenvalue weighted by atomic mass is 16.2. The molecule has 1 unspecified atom stereocenters. The maximum Gasteiger partial charge on any atom is 0.319 e. The third-order valence-electron chi connectivity index (χ3n) is 2.97. The molecule has 0 saturated heterocycles. The predicted octanol–water partition coefficient (Wildman–Crippen LogP) is 3.48. The maximum absolute atomic E-state index is 11.8. The van der Waals surface area contributed by atoms with Crippen molar-refractivity contribution in [3.05, 3.63) is 29.3 Å². The lowest BCUT2D eigenvalue weighted by molar-refractivity contribution is 0.249. The van der Waals surface area contributed by atoms with Crippen LogP contribution in [0.2, 0.25) is 0 Å². The van der Waals surface area contributed by atoms with Crippen LogP contribution >= 0.6 is 0 Å². The Balaban J connectivity index is 2.77. The monoisotopic (exact) mass is 234 g/mol. The van der Waals surface area contributed by atoms with Crippen LogP contribution in [0.4, 0.5) is 10.5 Å². The zero-order chi connectivity index (χ0) is 12.8. The topological polar surface area (TPSA) is 41.1 Å². The van der Waals surface area contributed by atoms with Crippen molar-refractivity contribution in [3.8, 4) is 0 Å². The van der Waals surface area contributed by atoms with Crippen molar-refractivity contribution >= 4 is 11.7 Å². The highest BCUT2D eigenvalue weighted by Gasteiger charge is 2.09. The van der Waals surface area contributed by atoms with Crippen LogP contribution in [0.3, 0.4) is 0 Å². The van der Waals surface area contributed by atoms with Crippen LogP contribution < -0.4 is 10.6 Å². The number of hydrogen-bond acceptors (Lipinski definition) is 1. The van der Waals surface area contributed by atoms with Crippen LogP contribution in [-0.4, -0.2) is 12.1 Å². The van der Waals surface area contributed by atoms with E-state index in [1.807, 2.05) is 32.0 Å². The standard InChI is InChI=1S/C14H22N2O/c1-5-11(4)15-14(17)16-13-10(3)8-7-9-12(13)6-2/h7-9,11H,5-6H2,1-4H3,(H2,15,16,17). The first-order valence-corrected chi connectivity index (χ1v) is 6.24. The van der Waals surface area contributed by atoms with Crippen molar-refractivity contribution in [1.29, 1.82) is 0 Å². The molecule has 1 aromatic carbocycles.